The van der Waals surface area contributed by atoms with E-state index in [0.29, 0.717) is 5.02 Å². The van der Waals surface area contributed by atoms with Gasteiger partial charge in [0.1, 0.15) is 0 Å². The van der Waals surface area contributed by atoms with E-state index in [1.807, 2.05) is 19.1 Å². The number of rotatable bonds is 3. The molecular weight excluding hydrogens is 214 g/mol. The Labute approximate surface area is 93.7 Å². The summed E-state index contributed by atoms with van der Waals surface area (Å²) < 4.78 is 4.44. The summed E-state index contributed by atoms with van der Waals surface area (Å²) in [5.74, 6) is -0.411. The van der Waals surface area contributed by atoms with E-state index in [2.05, 4.69) is 10.1 Å². The number of benzene rings is 1. The summed E-state index contributed by atoms with van der Waals surface area (Å²) in [6.07, 6.45) is 2.78. The Morgan fingerprint density at radius 1 is 1.53 bits per heavy atom. The fourth-order valence-electron chi connectivity index (χ4n) is 1.02. The molecule has 0 spiro atoms. The second-order valence-corrected chi connectivity index (χ2v) is 3.39. The molecule has 80 valence electrons. The standard InChI is InChI=1S/C11H12ClNO2/c1-8-3-4-9(12)10(7-8)13-6-5-11(14)15-2/h3-7,13H,1-2H3/b6-5+. The number of nitrogens with one attached hydrogen (secondary N) is 1. The minimum atomic E-state index is -0.411. The van der Waals surface area contributed by atoms with Crippen molar-refractivity contribution < 1.29 is 9.53 Å². The van der Waals surface area contributed by atoms with E-state index in [1.54, 1.807) is 6.07 Å². The van der Waals surface area contributed by atoms with Crippen molar-refractivity contribution in [3.05, 3.63) is 41.1 Å². The van der Waals surface area contributed by atoms with Gasteiger partial charge in [0.05, 0.1) is 17.8 Å². The maximum Gasteiger partial charge on any atom is 0.331 e. The molecule has 1 aromatic rings. The molecule has 0 saturated carbocycles. The second kappa shape index (κ2) is 5.41. The zero-order valence-electron chi connectivity index (χ0n) is 8.58. The summed E-state index contributed by atoms with van der Waals surface area (Å²) in [4.78, 5) is 10.8. The molecule has 0 aromatic heterocycles. The molecule has 0 saturated heterocycles. The first-order valence-electron chi connectivity index (χ1n) is 4.40. The van der Waals surface area contributed by atoms with Crippen LogP contribution < -0.4 is 5.32 Å². The lowest BCUT2D eigenvalue weighted by atomic mass is 10.2. The van der Waals surface area contributed by atoms with Crippen LogP contribution in [0.2, 0.25) is 5.02 Å². The highest BCUT2D eigenvalue weighted by Crippen LogP contribution is 2.22. The van der Waals surface area contributed by atoms with Gasteiger partial charge in [0.15, 0.2) is 0 Å². The molecule has 0 bridgehead atoms. The number of esters is 1. The topological polar surface area (TPSA) is 38.3 Å². The van der Waals surface area contributed by atoms with Gasteiger partial charge in [0.25, 0.3) is 0 Å². The van der Waals surface area contributed by atoms with E-state index < -0.39 is 5.97 Å². The molecule has 0 aliphatic carbocycles. The number of carbonyl (C=O) groups is 1. The fourth-order valence-corrected chi connectivity index (χ4v) is 1.19. The molecule has 0 unspecified atom stereocenters. The first-order valence-corrected chi connectivity index (χ1v) is 4.78. The summed E-state index contributed by atoms with van der Waals surface area (Å²) >= 11 is 5.93. The van der Waals surface area contributed by atoms with Crippen molar-refractivity contribution in [2.45, 2.75) is 6.92 Å². The fraction of sp³-hybridized carbons (Fsp3) is 0.182. The molecule has 1 aromatic carbocycles. The number of anilines is 1. The lowest BCUT2D eigenvalue weighted by Crippen LogP contribution is -1.96. The third-order valence-corrected chi connectivity index (χ3v) is 2.11. The van der Waals surface area contributed by atoms with Gasteiger partial charge in [-0.05, 0) is 24.6 Å². The van der Waals surface area contributed by atoms with E-state index >= 15 is 0 Å². The molecule has 0 aliphatic rings. The molecule has 1 N–H and O–H groups in total. The first kappa shape index (κ1) is 11.6. The number of hydrogen-bond donors (Lipinski definition) is 1. The average molecular weight is 226 g/mol. The Kier molecular flexibility index (Phi) is 4.18. The van der Waals surface area contributed by atoms with Crippen LogP contribution in [0, 0.1) is 6.92 Å². The lowest BCUT2D eigenvalue weighted by Gasteiger charge is -2.04. The van der Waals surface area contributed by atoms with Crippen LogP contribution in [0.3, 0.4) is 0 Å². The van der Waals surface area contributed by atoms with Crippen molar-refractivity contribution in [1.82, 2.24) is 0 Å². The van der Waals surface area contributed by atoms with Crippen LogP contribution in [0.4, 0.5) is 5.69 Å². The second-order valence-electron chi connectivity index (χ2n) is 2.98. The lowest BCUT2D eigenvalue weighted by molar-refractivity contribution is -0.134. The molecule has 4 heteroatoms. The van der Waals surface area contributed by atoms with Crippen LogP contribution in [0.1, 0.15) is 5.56 Å². The van der Waals surface area contributed by atoms with Crippen molar-refractivity contribution in [2.75, 3.05) is 12.4 Å². The molecule has 0 amide bonds. The van der Waals surface area contributed by atoms with Gasteiger partial charge in [-0.15, -0.1) is 0 Å². The SMILES string of the molecule is COC(=O)/C=C/Nc1cc(C)ccc1Cl. The highest BCUT2D eigenvalue weighted by molar-refractivity contribution is 6.33. The molecule has 0 heterocycles. The summed E-state index contributed by atoms with van der Waals surface area (Å²) in [7, 11) is 1.33. The molecular formula is C11H12ClNO2. The monoisotopic (exact) mass is 225 g/mol. The van der Waals surface area contributed by atoms with Crippen LogP contribution in [-0.4, -0.2) is 13.1 Å². The van der Waals surface area contributed by atoms with Crippen molar-refractivity contribution in [1.29, 1.82) is 0 Å². The van der Waals surface area contributed by atoms with Crippen LogP contribution in [0.5, 0.6) is 0 Å². The zero-order chi connectivity index (χ0) is 11.3. The van der Waals surface area contributed by atoms with Crippen LogP contribution in [-0.2, 0) is 9.53 Å². The van der Waals surface area contributed by atoms with Gasteiger partial charge in [-0.3, -0.25) is 0 Å². The van der Waals surface area contributed by atoms with Crippen molar-refractivity contribution in [2.24, 2.45) is 0 Å². The van der Waals surface area contributed by atoms with Gasteiger partial charge in [-0.25, -0.2) is 4.79 Å². The molecule has 0 aliphatic heterocycles. The predicted octanol–water partition coefficient (Wildman–Crippen LogP) is 2.75. The summed E-state index contributed by atoms with van der Waals surface area (Å²) in [6, 6.07) is 5.60. The van der Waals surface area contributed by atoms with Gasteiger partial charge >= 0.3 is 5.97 Å². The quantitative estimate of drug-likeness (QED) is 0.635. The largest absolute Gasteiger partial charge is 0.466 e. The molecule has 15 heavy (non-hydrogen) atoms. The molecule has 1 rings (SSSR count). The Bertz CT molecular complexity index is 388. The van der Waals surface area contributed by atoms with Gasteiger partial charge < -0.3 is 10.1 Å². The first-order chi connectivity index (χ1) is 7.13. The van der Waals surface area contributed by atoms with Gasteiger partial charge in [-0.1, -0.05) is 17.7 Å². The number of aryl methyl sites for hydroxylation is 1. The molecule has 0 atom stereocenters. The Balaban J connectivity index is 2.68. The number of hydrogen-bond acceptors (Lipinski definition) is 3. The molecule has 0 radical (unpaired) electrons. The Morgan fingerprint density at radius 2 is 2.27 bits per heavy atom. The Morgan fingerprint density at radius 3 is 2.93 bits per heavy atom. The van der Waals surface area contributed by atoms with Gasteiger partial charge in [0, 0.05) is 12.3 Å². The number of carbonyl (C=O) groups excluding carboxylic acids is 1. The van der Waals surface area contributed by atoms with Crippen molar-refractivity contribution >= 4 is 23.3 Å². The smallest absolute Gasteiger partial charge is 0.331 e. The highest BCUT2D eigenvalue weighted by atomic mass is 35.5. The molecule has 0 fully saturated rings. The van der Waals surface area contributed by atoms with Gasteiger partial charge in [-0.2, -0.15) is 0 Å². The third kappa shape index (κ3) is 3.64. The van der Waals surface area contributed by atoms with Crippen molar-refractivity contribution in [3.8, 4) is 0 Å². The van der Waals surface area contributed by atoms with Gasteiger partial charge in [0.2, 0.25) is 0 Å². The minimum Gasteiger partial charge on any atom is -0.466 e. The van der Waals surface area contributed by atoms with Crippen LogP contribution >= 0.6 is 11.6 Å². The minimum absolute atomic E-state index is 0.411. The number of halogens is 1. The third-order valence-electron chi connectivity index (χ3n) is 1.78. The van der Waals surface area contributed by atoms with E-state index in [4.69, 9.17) is 11.6 Å². The Hall–Kier alpha value is -1.48. The normalized spacial score (nSPS) is 10.3. The maximum atomic E-state index is 10.8. The summed E-state index contributed by atoms with van der Waals surface area (Å²) in [6.45, 7) is 1.96. The van der Waals surface area contributed by atoms with Crippen molar-refractivity contribution in [3.63, 3.8) is 0 Å². The zero-order valence-corrected chi connectivity index (χ0v) is 9.34. The van der Waals surface area contributed by atoms with Crippen LogP contribution in [0.15, 0.2) is 30.5 Å². The van der Waals surface area contributed by atoms with E-state index in [9.17, 15) is 4.79 Å². The number of ether oxygens (including phenoxy) is 1. The van der Waals surface area contributed by atoms with E-state index in [0.717, 1.165) is 11.3 Å². The molecule has 3 nitrogen and oxygen atoms in total. The summed E-state index contributed by atoms with van der Waals surface area (Å²) in [5, 5.41) is 3.51. The predicted molar refractivity (Wildman–Crippen MR) is 61.0 cm³/mol. The highest BCUT2D eigenvalue weighted by Gasteiger charge is 1.97. The summed E-state index contributed by atoms with van der Waals surface area (Å²) in [5.41, 5.74) is 1.85. The van der Waals surface area contributed by atoms with Crippen LogP contribution in [0.25, 0.3) is 0 Å². The average Bonchev–Trinajstić information content (AvgIpc) is 2.23. The van der Waals surface area contributed by atoms with E-state index in [1.165, 1.54) is 19.4 Å². The number of methoxy groups -OCH3 is 1. The maximum absolute atomic E-state index is 10.8. The van der Waals surface area contributed by atoms with E-state index in [-0.39, 0.29) is 0 Å².